The Morgan fingerprint density at radius 2 is 1.90 bits per heavy atom. The summed E-state index contributed by atoms with van der Waals surface area (Å²) in [7, 11) is 0. The molecular formula is C18H22N2O. The second-order valence-corrected chi connectivity index (χ2v) is 5.24. The number of nitrogens with zero attached hydrogens (tertiary/aromatic N) is 1. The van der Waals surface area contributed by atoms with Crippen LogP contribution in [-0.2, 0) is 6.42 Å². The Morgan fingerprint density at radius 1 is 1.14 bits per heavy atom. The average molecular weight is 282 g/mol. The smallest absolute Gasteiger partial charge is 0.120 e. The molecule has 2 N–H and O–H groups in total. The molecule has 0 aliphatic heterocycles. The Balaban J connectivity index is 1.85. The highest BCUT2D eigenvalue weighted by Crippen LogP contribution is 2.14. The van der Waals surface area contributed by atoms with Gasteiger partial charge in [-0.25, -0.2) is 0 Å². The third kappa shape index (κ3) is 5.30. The van der Waals surface area contributed by atoms with E-state index in [1.807, 2.05) is 56.3 Å². The van der Waals surface area contributed by atoms with Crippen LogP contribution in [0.25, 0.3) is 0 Å². The zero-order valence-electron chi connectivity index (χ0n) is 12.6. The van der Waals surface area contributed by atoms with E-state index in [-0.39, 0.29) is 6.10 Å². The fraction of sp³-hybridized carbons (Fsp3) is 0.278. The molecule has 0 spiro atoms. The van der Waals surface area contributed by atoms with Crippen molar-refractivity contribution in [3.63, 3.8) is 0 Å². The summed E-state index contributed by atoms with van der Waals surface area (Å²) in [5.41, 5.74) is 8.33. The van der Waals surface area contributed by atoms with Crippen LogP contribution in [-0.4, -0.2) is 18.5 Å². The van der Waals surface area contributed by atoms with Gasteiger partial charge in [-0.1, -0.05) is 42.5 Å². The standard InChI is InChI=1S/C18H22N2O/c1-14-7-6-10-17(11-14)21-15(2)13-20-18(19)12-16-8-4-3-5-9-16/h3-11,15H,12-13H2,1-2H3,(H2,19,20). The van der Waals surface area contributed by atoms with Crippen molar-refractivity contribution in [3.05, 3.63) is 65.7 Å². The molecule has 3 nitrogen and oxygen atoms in total. The maximum Gasteiger partial charge on any atom is 0.120 e. The lowest BCUT2D eigenvalue weighted by Gasteiger charge is -2.13. The molecule has 21 heavy (non-hydrogen) atoms. The van der Waals surface area contributed by atoms with Gasteiger partial charge in [0.25, 0.3) is 0 Å². The molecule has 0 aromatic heterocycles. The lowest BCUT2D eigenvalue weighted by molar-refractivity contribution is 0.230. The van der Waals surface area contributed by atoms with Gasteiger partial charge in [0, 0.05) is 6.42 Å². The van der Waals surface area contributed by atoms with Crippen LogP contribution < -0.4 is 10.5 Å². The number of aliphatic imine (C=N–C) groups is 1. The predicted molar refractivity (Wildman–Crippen MR) is 87.9 cm³/mol. The molecule has 0 fully saturated rings. The second kappa shape index (κ2) is 7.48. The monoisotopic (exact) mass is 282 g/mol. The number of amidine groups is 1. The highest BCUT2D eigenvalue weighted by Gasteiger charge is 2.04. The summed E-state index contributed by atoms with van der Waals surface area (Å²) in [6.07, 6.45) is 0.680. The van der Waals surface area contributed by atoms with Crippen molar-refractivity contribution in [2.45, 2.75) is 26.4 Å². The van der Waals surface area contributed by atoms with Crippen LogP contribution in [0.4, 0.5) is 0 Å². The number of ether oxygens (including phenoxy) is 1. The van der Waals surface area contributed by atoms with E-state index in [9.17, 15) is 0 Å². The third-order valence-electron chi connectivity index (χ3n) is 3.11. The average Bonchev–Trinajstić information content (AvgIpc) is 2.46. The number of nitrogens with two attached hydrogens (primary N) is 1. The molecular weight excluding hydrogens is 260 g/mol. The molecule has 2 rings (SSSR count). The molecule has 1 unspecified atom stereocenters. The maximum atomic E-state index is 5.97. The van der Waals surface area contributed by atoms with Gasteiger partial charge >= 0.3 is 0 Å². The van der Waals surface area contributed by atoms with Gasteiger partial charge in [0.1, 0.15) is 11.9 Å². The minimum absolute atomic E-state index is 0.00104. The van der Waals surface area contributed by atoms with Crippen molar-refractivity contribution in [1.29, 1.82) is 0 Å². The molecule has 0 amide bonds. The fourth-order valence-electron chi connectivity index (χ4n) is 2.06. The largest absolute Gasteiger partial charge is 0.489 e. The third-order valence-corrected chi connectivity index (χ3v) is 3.11. The lowest BCUT2D eigenvalue weighted by atomic mass is 10.1. The number of hydrogen-bond acceptors (Lipinski definition) is 2. The van der Waals surface area contributed by atoms with Crippen LogP contribution in [0.2, 0.25) is 0 Å². The second-order valence-electron chi connectivity index (χ2n) is 5.24. The fourth-order valence-corrected chi connectivity index (χ4v) is 2.06. The van der Waals surface area contributed by atoms with E-state index >= 15 is 0 Å². The summed E-state index contributed by atoms with van der Waals surface area (Å²) in [5.74, 6) is 1.51. The van der Waals surface area contributed by atoms with E-state index in [0.717, 1.165) is 5.75 Å². The Bertz CT molecular complexity index is 593. The molecule has 0 radical (unpaired) electrons. The molecule has 0 saturated carbocycles. The first-order chi connectivity index (χ1) is 10.1. The quantitative estimate of drug-likeness (QED) is 0.652. The summed E-state index contributed by atoms with van der Waals surface area (Å²) >= 11 is 0. The topological polar surface area (TPSA) is 47.6 Å². The minimum atomic E-state index is 0.00104. The van der Waals surface area contributed by atoms with Crippen LogP contribution in [0.15, 0.2) is 59.6 Å². The summed E-state index contributed by atoms with van der Waals surface area (Å²) in [4.78, 5) is 4.41. The van der Waals surface area contributed by atoms with Crippen molar-refractivity contribution in [2.24, 2.45) is 10.7 Å². The molecule has 0 aliphatic rings. The van der Waals surface area contributed by atoms with Crippen molar-refractivity contribution < 1.29 is 4.74 Å². The Kier molecular flexibility index (Phi) is 5.38. The van der Waals surface area contributed by atoms with Gasteiger partial charge in [-0.2, -0.15) is 0 Å². The maximum absolute atomic E-state index is 5.97. The van der Waals surface area contributed by atoms with Crippen molar-refractivity contribution in [1.82, 2.24) is 0 Å². The summed E-state index contributed by atoms with van der Waals surface area (Å²) in [6.45, 7) is 4.61. The van der Waals surface area contributed by atoms with Crippen molar-refractivity contribution in [2.75, 3.05) is 6.54 Å². The van der Waals surface area contributed by atoms with Gasteiger partial charge < -0.3 is 10.5 Å². The number of hydrogen-bond donors (Lipinski definition) is 1. The van der Waals surface area contributed by atoms with Crippen molar-refractivity contribution >= 4 is 5.84 Å². The predicted octanol–water partition coefficient (Wildman–Crippen LogP) is 3.36. The Labute approximate surface area is 126 Å². The van der Waals surface area contributed by atoms with E-state index in [2.05, 4.69) is 17.1 Å². The summed E-state index contributed by atoms with van der Waals surface area (Å²) < 4.78 is 5.83. The van der Waals surface area contributed by atoms with Gasteiger partial charge in [0.05, 0.1) is 12.4 Å². The molecule has 110 valence electrons. The van der Waals surface area contributed by atoms with E-state index in [1.54, 1.807) is 0 Å². The molecule has 0 aliphatic carbocycles. The first-order valence-electron chi connectivity index (χ1n) is 7.19. The minimum Gasteiger partial charge on any atom is -0.489 e. The van der Waals surface area contributed by atoms with E-state index < -0.39 is 0 Å². The zero-order valence-corrected chi connectivity index (χ0v) is 12.6. The first kappa shape index (κ1) is 15.1. The van der Waals surface area contributed by atoms with E-state index in [1.165, 1.54) is 11.1 Å². The summed E-state index contributed by atoms with van der Waals surface area (Å²) in [6, 6.07) is 18.1. The van der Waals surface area contributed by atoms with Gasteiger partial charge in [0.15, 0.2) is 0 Å². The first-order valence-corrected chi connectivity index (χ1v) is 7.19. The van der Waals surface area contributed by atoms with Crippen molar-refractivity contribution in [3.8, 4) is 5.75 Å². The lowest BCUT2D eigenvalue weighted by Crippen LogP contribution is -2.21. The SMILES string of the molecule is Cc1cccc(OC(C)CN=C(N)Cc2ccccc2)c1. The number of aryl methyl sites for hydroxylation is 1. The highest BCUT2D eigenvalue weighted by molar-refractivity contribution is 5.82. The van der Waals surface area contributed by atoms with Crippen LogP contribution in [0, 0.1) is 6.92 Å². The highest BCUT2D eigenvalue weighted by atomic mass is 16.5. The number of benzene rings is 2. The molecule has 0 bridgehead atoms. The molecule has 0 saturated heterocycles. The Morgan fingerprint density at radius 3 is 2.62 bits per heavy atom. The van der Waals surface area contributed by atoms with Crippen LogP contribution >= 0.6 is 0 Å². The van der Waals surface area contributed by atoms with Gasteiger partial charge in [-0.3, -0.25) is 4.99 Å². The van der Waals surface area contributed by atoms with Gasteiger partial charge in [0.2, 0.25) is 0 Å². The Hall–Kier alpha value is -2.29. The van der Waals surface area contributed by atoms with Crippen LogP contribution in [0.5, 0.6) is 5.75 Å². The molecule has 3 heteroatoms. The normalized spacial score (nSPS) is 13.0. The van der Waals surface area contributed by atoms with Gasteiger partial charge in [-0.15, -0.1) is 0 Å². The van der Waals surface area contributed by atoms with Gasteiger partial charge in [-0.05, 0) is 37.1 Å². The van der Waals surface area contributed by atoms with Crippen LogP contribution in [0.3, 0.4) is 0 Å². The number of rotatable bonds is 6. The zero-order chi connectivity index (χ0) is 15.1. The molecule has 2 aromatic rings. The van der Waals surface area contributed by atoms with E-state index in [0.29, 0.717) is 18.8 Å². The molecule has 1 atom stereocenters. The molecule has 0 heterocycles. The summed E-state index contributed by atoms with van der Waals surface area (Å²) in [5, 5.41) is 0. The van der Waals surface area contributed by atoms with Crippen LogP contribution in [0.1, 0.15) is 18.1 Å². The molecule has 2 aromatic carbocycles. The van der Waals surface area contributed by atoms with E-state index in [4.69, 9.17) is 10.5 Å².